The second kappa shape index (κ2) is 5.84. The molecule has 19 heavy (non-hydrogen) atoms. The number of rotatable bonds is 5. The van der Waals surface area contributed by atoms with Crippen molar-refractivity contribution in [2.75, 3.05) is 7.11 Å². The van der Waals surface area contributed by atoms with Crippen molar-refractivity contribution in [3.05, 3.63) is 41.5 Å². The van der Waals surface area contributed by atoms with Gasteiger partial charge in [0.15, 0.2) is 5.75 Å². The quantitative estimate of drug-likeness (QED) is 0.895. The van der Waals surface area contributed by atoms with Gasteiger partial charge >= 0.3 is 0 Å². The van der Waals surface area contributed by atoms with Crippen LogP contribution in [0.3, 0.4) is 0 Å². The van der Waals surface area contributed by atoms with Gasteiger partial charge in [-0.25, -0.2) is 0 Å². The number of aromatic nitrogens is 3. The zero-order chi connectivity index (χ0) is 13.8. The molecule has 1 N–H and O–H groups in total. The van der Waals surface area contributed by atoms with Gasteiger partial charge in [-0.05, 0) is 31.0 Å². The van der Waals surface area contributed by atoms with Crippen LogP contribution in [0.4, 0.5) is 0 Å². The molecule has 0 amide bonds. The van der Waals surface area contributed by atoms with Crippen molar-refractivity contribution in [2.45, 2.75) is 32.9 Å². The number of pyridine rings is 1. The largest absolute Gasteiger partial charge is 0.493 e. The summed E-state index contributed by atoms with van der Waals surface area (Å²) in [7, 11) is 1.58. The summed E-state index contributed by atoms with van der Waals surface area (Å²) in [6.45, 7) is 4.77. The van der Waals surface area contributed by atoms with Gasteiger partial charge in [0, 0.05) is 12.7 Å². The minimum atomic E-state index is -0.830. The zero-order valence-electron chi connectivity index (χ0n) is 11.5. The summed E-state index contributed by atoms with van der Waals surface area (Å²) in [4.78, 5) is 4.23. The van der Waals surface area contributed by atoms with Crippen LogP contribution in [0.15, 0.2) is 24.5 Å². The van der Waals surface area contributed by atoms with Gasteiger partial charge in [-0.3, -0.25) is 9.67 Å². The lowest BCUT2D eigenvalue weighted by molar-refractivity contribution is 0.197. The molecular formula is C14H19N3O2. The van der Waals surface area contributed by atoms with E-state index in [9.17, 15) is 5.11 Å². The lowest BCUT2D eigenvalue weighted by Crippen LogP contribution is -2.12. The standard InChI is InChI=1S/C14H19N3O2/c1-4-7-17-13(12(19-3)9-16-17)14(18)11-8-10(2)5-6-15-11/h5-6,8-9,14,18H,4,7H2,1-3H3. The molecule has 0 aliphatic carbocycles. The van der Waals surface area contributed by atoms with Crippen LogP contribution in [0.2, 0.25) is 0 Å². The topological polar surface area (TPSA) is 60.2 Å². The van der Waals surface area contributed by atoms with E-state index in [2.05, 4.69) is 17.0 Å². The van der Waals surface area contributed by atoms with Crippen molar-refractivity contribution in [3.63, 3.8) is 0 Å². The Kier molecular flexibility index (Phi) is 4.16. The maximum absolute atomic E-state index is 10.5. The lowest BCUT2D eigenvalue weighted by atomic mass is 10.1. The average Bonchev–Trinajstić information content (AvgIpc) is 2.81. The number of methoxy groups -OCH3 is 1. The van der Waals surface area contributed by atoms with E-state index in [4.69, 9.17) is 4.74 Å². The molecule has 2 aromatic heterocycles. The first-order valence-corrected chi connectivity index (χ1v) is 6.37. The van der Waals surface area contributed by atoms with Crippen molar-refractivity contribution in [3.8, 4) is 5.75 Å². The third-order valence-electron chi connectivity index (χ3n) is 2.98. The number of aliphatic hydroxyl groups is 1. The van der Waals surface area contributed by atoms with E-state index in [1.807, 2.05) is 19.1 Å². The predicted octanol–water partition coefficient (Wildman–Crippen LogP) is 2.09. The van der Waals surface area contributed by atoms with E-state index in [0.717, 1.165) is 18.5 Å². The minimum Gasteiger partial charge on any atom is -0.493 e. The van der Waals surface area contributed by atoms with Crippen LogP contribution >= 0.6 is 0 Å². The number of hydrogen-bond donors (Lipinski definition) is 1. The molecule has 102 valence electrons. The average molecular weight is 261 g/mol. The number of nitrogens with zero attached hydrogens (tertiary/aromatic N) is 3. The summed E-state index contributed by atoms with van der Waals surface area (Å²) in [5, 5.41) is 14.8. The van der Waals surface area contributed by atoms with Gasteiger partial charge in [-0.1, -0.05) is 6.92 Å². The number of aryl methyl sites for hydroxylation is 2. The molecule has 0 saturated heterocycles. The molecule has 0 fully saturated rings. The molecule has 0 aliphatic rings. The number of aliphatic hydroxyl groups excluding tert-OH is 1. The van der Waals surface area contributed by atoms with Gasteiger partial charge < -0.3 is 9.84 Å². The fourth-order valence-electron chi connectivity index (χ4n) is 2.05. The highest BCUT2D eigenvalue weighted by Crippen LogP contribution is 2.29. The number of ether oxygens (including phenoxy) is 1. The van der Waals surface area contributed by atoms with Crippen LogP contribution in [-0.2, 0) is 6.54 Å². The predicted molar refractivity (Wildman–Crippen MR) is 72.1 cm³/mol. The van der Waals surface area contributed by atoms with Crippen LogP contribution in [0.5, 0.6) is 5.75 Å². The van der Waals surface area contributed by atoms with Crippen LogP contribution in [0.25, 0.3) is 0 Å². The first-order valence-electron chi connectivity index (χ1n) is 6.37. The molecular weight excluding hydrogens is 242 g/mol. The molecule has 0 saturated carbocycles. The highest BCUT2D eigenvalue weighted by molar-refractivity contribution is 5.33. The van der Waals surface area contributed by atoms with E-state index in [0.29, 0.717) is 17.1 Å². The molecule has 0 bridgehead atoms. The van der Waals surface area contributed by atoms with Crippen LogP contribution in [0.1, 0.15) is 36.4 Å². The molecule has 0 aromatic carbocycles. The van der Waals surface area contributed by atoms with Crippen molar-refractivity contribution >= 4 is 0 Å². The van der Waals surface area contributed by atoms with E-state index < -0.39 is 6.10 Å². The monoisotopic (exact) mass is 261 g/mol. The Bertz CT molecular complexity index is 551. The summed E-state index contributed by atoms with van der Waals surface area (Å²) in [6.07, 6.45) is 3.43. The Morgan fingerprint density at radius 2 is 2.26 bits per heavy atom. The Labute approximate surface area is 112 Å². The van der Waals surface area contributed by atoms with Crippen molar-refractivity contribution < 1.29 is 9.84 Å². The van der Waals surface area contributed by atoms with Gasteiger partial charge in [0.2, 0.25) is 0 Å². The fraction of sp³-hybridized carbons (Fsp3) is 0.429. The highest BCUT2D eigenvalue weighted by atomic mass is 16.5. The Hall–Kier alpha value is -1.88. The summed E-state index contributed by atoms with van der Waals surface area (Å²) in [5.74, 6) is 0.587. The van der Waals surface area contributed by atoms with Gasteiger partial charge in [0.05, 0.1) is 19.0 Å². The molecule has 1 unspecified atom stereocenters. The van der Waals surface area contributed by atoms with Crippen molar-refractivity contribution in [1.82, 2.24) is 14.8 Å². The molecule has 5 nitrogen and oxygen atoms in total. The minimum absolute atomic E-state index is 0.587. The summed E-state index contributed by atoms with van der Waals surface area (Å²) in [5.41, 5.74) is 2.32. The van der Waals surface area contributed by atoms with Crippen LogP contribution in [0, 0.1) is 6.92 Å². The lowest BCUT2D eigenvalue weighted by Gasteiger charge is -2.14. The van der Waals surface area contributed by atoms with E-state index >= 15 is 0 Å². The Balaban J connectivity index is 2.41. The van der Waals surface area contributed by atoms with Crippen LogP contribution in [-0.4, -0.2) is 27.0 Å². The molecule has 0 radical (unpaired) electrons. The molecule has 2 rings (SSSR count). The third-order valence-corrected chi connectivity index (χ3v) is 2.98. The van der Waals surface area contributed by atoms with Crippen molar-refractivity contribution in [1.29, 1.82) is 0 Å². The van der Waals surface area contributed by atoms with Crippen LogP contribution < -0.4 is 4.74 Å². The second-order valence-electron chi connectivity index (χ2n) is 4.48. The van der Waals surface area contributed by atoms with E-state index in [1.165, 1.54) is 0 Å². The molecule has 2 heterocycles. The fourth-order valence-corrected chi connectivity index (χ4v) is 2.05. The van der Waals surface area contributed by atoms with E-state index in [1.54, 1.807) is 24.2 Å². The van der Waals surface area contributed by atoms with Gasteiger partial charge in [-0.15, -0.1) is 0 Å². The highest BCUT2D eigenvalue weighted by Gasteiger charge is 2.22. The Morgan fingerprint density at radius 1 is 1.47 bits per heavy atom. The Morgan fingerprint density at radius 3 is 2.89 bits per heavy atom. The van der Waals surface area contributed by atoms with Gasteiger partial charge in [0.1, 0.15) is 11.8 Å². The first kappa shape index (κ1) is 13.5. The molecule has 2 aromatic rings. The van der Waals surface area contributed by atoms with Crippen molar-refractivity contribution in [2.24, 2.45) is 0 Å². The maximum Gasteiger partial charge on any atom is 0.163 e. The summed E-state index contributed by atoms with van der Waals surface area (Å²) >= 11 is 0. The second-order valence-corrected chi connectivity index (χ2v) is 4.48. The summed E-state index contributed by atoms with van der Waals surface area (Å²) < 4.78 is 7.05. The molecule has 0 aliphatic heterocycles. The number of hydrogen-bond acceptors (Lipinski definition) is 4. The maximum atomic E-state index is 10.5. The van der Waals surface area contributed by atoms with E-state index in [-0.39, 0.29) is 0 Å². The normalized spacial score (nSPS) is 12.4. The first-order chi connectivity index (χ1) is 9.17. The smallest absolute Gasteiger partial charge is 0.163 e. The SMILES string of the molecule is CCCn1ncc(OC)c1C(O)c1cc(C)ccn1. The molecule has 0 spiro atoms. The molecule has 5 heteroatoms. The third kappa shape index (κ3) is 2.76. The zero-order valence-corrected chi connectivity index (χ0v) is 11.5. The summed E-state index contributed by atoms with van der Waals surface area (Å²) in [6, 6.07) is 3.77. The van der Waals surface area contributed by atoms with Gasteiger partial charge in [0.25, 0.3) is 0 Å². The molecule has 1 atom stereocenters. The van der Waals surface area contributed by atoms with Gasteiger partial charge in [-0.2, -0.15) is 5.10 Å².